The van der Waals surface area contributed by atoms with Gasteiger partial charge in [-0.25, -0.2) is 4.98 Å². The van der Waals surface area contributed by atoms with Crippen LogP contribution < -0.4 is 5.32 Å². The Labute approximate surface area is 94.0 Å². The monoisotopic (exact) mass is 227 g/mol. The summed E-state index contributed by atoms with van der Waals surface area (Å²) in [5, 5.41) is 3.73. The van der Waals surface area contributed by atoms with Crippen LogP contribution in [0.2, 0.25) is 5.15 Å². The van der Waals surface area contributed by atoms with Crippen molar-refractivity contribution in [2.24, 2.45) is 0 Å². The Morgan fingerprint density at radius 2 is 2.07 bits per heavy atom. The molecule has 0 spiro atoms. The van der Waals surface area contributed by atoms with Gasteiger partial charge in [-0.15, -0.1) is 0 Å². The summed E-state index contributed by atoms with van der Waals surface area (Å²) < 4.78 is 5.72. The molecule has 0 amide bonds. The van der Waals surface area contributed by atoms with Crippen LogP contribution in [0.5, 0.6) is 0 Å². The van der Waals surface area contributed by atoms with Gasteiger partial charge in [-0.05, 0) is 25.9 Å². The van der Waals surface area contributed by atoms with Gasteiger partial charge in [0.25, 0.3) is 0 Å². The lowest BCUT2D eigenvalue weighted by Crippen LogP contribution is -2.32. The molecule has 1 saturated heterocycles. The van der Waals surface area contributed by atoms with Crippen LogP contribution in [0.1, 0.15) is 18.5 Å². The molecule has 4 nitrogen and oxygen atoms in total. The lowest BCUT2D eigenvalue weighted by molar-refractivity contribution is 0.0195. The number of hydrogen-bond acceptors (Lipinski definition) is 4. The molecular weight excluding hydrogens is 214 g/mol. The maximum atomic E-state index is 5.88. The van der Waals surface area contributed by atoms with Crippen LogP contribution in [0, 0.1) is 0 Å². The number of halogens is 1. The summed E-state index contributed by atoms with van der Waals surface area (Å²) in [7, 11) is 0. The fraction of sp³-hybridized carbons (Fsp3) is 0.600. The molecule has 2 rings (SSSR count). The van der Waals surface area contributed by atoms with E-state index in [1.807, 2.05) is 0 Å². The highest BCUT2D eigenvalue weighted by molar-refractivity contribution is 6.29. The first-order valence-electron chi connectivity index (χ1n) is 5.14. The van der Waals surface area contributed by atoms with E-state index in [0.717, 1.165) is 31.6 Å². The molecule has 0 atom stereocenters. The highest BCUT2D eigenvalue weighted by Crippen LogP contribution is 2.13. The molecule has 5 heteroatoms. The van der Waals surface area contributed by atoms with E-state index in [0.29, 0.717) is 17.9 Å². The van der Waals surface area contributed by atoms with Crippen LogP contribution >= 0.6 is 11.6 Å². The summed E-state index contributed by atoms with van der Waals surface area (Å²) in [6.07, 6.45) is 5.64. The Hall–Kier alpha value is -0.710. The average molecular weight is 228 g/mol. The Morgan fingerprint density at radius 1 is 1.33 bits per heavy atom. The van der Waals surface area contributed by atoms with Crippen molar-refractivity contribution in [3.05, 3.63) is 23.2 Å². The highest BCUT2D eigenvalue weighted by atomic mass is 35.5. The van der Waals surface area contributed by atoms with Crippen LogP contribution in [0.4, 0.5) is 0 Å². The molecule has 0 aromatic carbocycles. The summed E-state index contributed by atoms with van der Waals surface area (Å²) in [6, 6.07) is 0. The van der Waals surface area contributed by atoms with Crippen LogP contribution in [0.3, 0.4) is 0 Å². The molecule has 1 aliphatic heterocycles. The van der Waals surface area contributed by atoms with E-state index in [9.17, 15) is 0 Å². The summed E-state index contributed by atoms with van der Waals surface area (Å²) in [5.74, 6) is 0. The zero-order chi connectivity index (χ0) is 10.5. The molecule has 2 heterocycles. The molecule has 1 fully saturated rings. The van der Waals surface area contributed by atoms with Gasteiger partial charge in [-0.3, -0.25) is 4.98 Å². The molecular formula is C10H14ClN3O. The standard InChI is InChI=1S/C10H14ClN3O/c11-10-9(13-5-6-14-10)7-15-8-1-3-12-4-2-8/h5-6,8,12H,1-4,7H2. The van der Waals surface area contributed by atoms with Gasteiger partial charge in [-0.2, -0.15) is 0 Å². The maximum absolute atomic E-state index is 5.88. The number of piperidine rings is 1. The number of rotatable bonds is 3. The lowest BCUT2D eigenvalue weighted by Gasteiger charge is -2.22. The quantitative estimate of drug-likeness (QED) is 0.848. The topological polar surface area (TPSA) is 47.0 Å². The summed E-state index contributed by atoms with van der Waals surface area (Å²) in [5.41, 5.74) is 0.720. The van der Waals surface area contributed by atoms with E-state index in [-0.39, 0.29) is 0 Å². The minimum Gasteiger partial charge on any atom is -0.372 e. The zero-order valence-corrected chi connectivity index (χ0v) is 9.20. The van der Waals surface area contributed by atoms with Gasteiger partial charge < -0.3 is 10.1 Å². The van der Waals surface area contributed by atoms with Crippen LogP contribution in [0.15, 0.2) is 12.4 Å². The van der Waals surface area contributed by atoms with Crippen molar-refractivity contribution in [2.45, 2.75) is 25.6 Å². The summed E-state index contributed by atoms with van der Waals surface area (Å²) >= 11 is 5.88. The van der Waals surface area contributed by atoms with Crippen molar-refractivity contribution in [1.82, 2.24) is 15.3 Å². The number of nitrogens with one attached hydrogen (secondary N) is 1. The number of hydrogen-bond donors (Lipinski definition) is 1. The predicted molar refractivity (Wildman–Crippen MR) is 57.7 cm³/mol. The minimum absolute atomic E-state index is 0.323. The molecule has 15 heavy (non-hydrogen) atoms. The first-order valence-corrected chi connectivity index (χ1v) is 5.52. The molecule has 0 bridgehead atoms. The first-order chi connectivity index (χ1) is 7.36. The molecule has 0 aliphatic carbocycles. The van der Waals surface area contributed by atoms with Crippen LogP contribution in [-0.4, -0.2) is 29.2 Å². The lowest BCUT2D eigenvalue weighted by atomic mass is 10.1. The molecule has 82 valence electrons. The second-order valence-corrected chi connectivity index (χ2v) is 3.91. The summed E-state index contributed by atoms with van der Waals surface area (Å²) in [4.78, 5) is 8.08. The Bertz CT molecular complexity index is 315. The predicted octanol–water partition coefficient (Wildman–Crippen LogP) is 1.40. The SMILES string of the molecule is Clc1nccnc1COC1CCNCC1. The van der Waals surface area contributed by atoms with Gasteiger partial charge >= 0.3 is 0 Å². The smallest absolute Gasteiger partial charge is 0.152 e. The van der Waals surface area contributed by atoms with Gasteiger partial charge in [0.1, 0.15) is 5.69 Å². The second-order valence-electron chi connectivity index (χ2n) is 3.55. The van der Waals surface area contributed by atoms with E-state index in [4.69, 9.17) is 16.3 Å². The van der Waals surface area contributed by atoms with E-state index in [1.165, 1.54) is 0 Å². The Morgan fingerprint density at radius 3 is 2.80 bits per heavy atom. The van der Waals surface area contributed by atoms with E-state index in [2.05, 4.69) is 15.3 Å². The van der Waals surface area contributed by atoms with E-state index < -0.39 is 0 Å². The largest absolute Gasteiger partial charge is 0.372 e. The van der Waals surface area contributed by atoms with Gasteiger partial charge in [0.05, 0.1) is 12.7 Å². The summed E-state index contributed by atoms with van der Waals surface area (Å²) in [6.45, 7) is 2.51. The molecule has 0 saturated carbocycles. The third kappa shape index (κ3) is 3.12. The van der Waals surface area contributed by atoms with Crippen LogP contribution in [-0.2, 0) is 11.3 Å². The zero-order valence-electron chi connectivity index (χ0n) is 8.45. The van der Waals surface area contributed by atoms with Crippen molar-refractivity contribution in [1.29, 1.82) is 0 Å². The van der Waals surface area contributed by atoms with Crippen molar-refractivity contribution in [3.63, 3.8) is 0 Å². The minimum atomic E-state index is 0.323. The van der Waals surface area contributed by atoms with Gasteiger partial charge in [0, 0.05) is 12.4 Å². The van der Waals surface area contributed by atoms with Crippen molar-refractivity contribution in [3.8, 4) is 0 Å². The van der Waals surface area contributed by atoms with Gasteiger partial charge in [-0.1, -0.05) is 11.6 Å². The fourth-order valence-electron chi connectivity index (χ4n) is 1.61. The van der Waals surface area contributed by atoms with Crippen molar-refractivity contribution >= 4 is 11.6 Å². The normalized spacial score (nSPS) is 17.9. The molecule has 1 aromatic heterocycles. The van der Waals surface area contributed by atoms with Gasteiger partial charge in [0.15, 0.2) is 5.15 Å². The molecule has 1 N–H and O–H groups in total. The Kier molecular flexibility index (Phi) is 3.88. The number of aromatic nitrogens is 2. The molecule has 0 radical (unpaired) electrons. The first kappa shape index (κ1) is 10.8. The van der Waals surface area contributed by atoms with E-state index in [1.54, 1.807) is 12.4 Å². The number of nitrogens with zero attached hydrogens (tertiary/aromatic N) is 2. The van der Waals surface area contributed by atoms with Crippen LogP contribution in [0.25, 0.3) is 0 Å². The maximum Gasteiger partial charge on any atom is 0.152 e. The third-order valence-electron chi connectivity index (χ3n) is 2.46. The van der Waals surface area contributed by atoms with Crippen molar-refractivity contribution < 1.29 is 4.74 Å². The molecule has 1 aliphatic rings. The molecule has 1 aromatic rings. The number of ether oxygens (including phenoxy) is 1. The molecule has 0 unspecified atom stereocenters. The van der Waals surface area contributed by atoms with E-state index >= 15 is 0 Å². The third-order valence-corrected chi connectivity index (χ3v) is 2.78. The highest BCUT2D eigenvalue weighted by Gasteiger charge is 2.14. The van der Waals surface area contributed by atoms with Crippen molar-refractivity contribution in [2.75, 3.05) is 13.1 Å². The second kappa shape index (κ2) is 5.39. The fourth-order valence-corrected chi connectivity index (χ4v) is 1.77. The Balaban J connectivity index is 1.84. The average Bonchev–Trinajstić information content (AvgIpc) is 2.29. The van der Waals surface area contributed by atoms with Gasteiger partial charge in [0.2, 0.25) is 0 Å².